The summed E-state index contributed by atoms with van der Waals surface area (Å²) in [5.41, 5.74) is 1.20. The van der Waals surface area contributed by atoms with Crippen molar-refractivity contribution in [2.75, 3.05) is 13.2 Å². The molecule has 1 atom stereocenters. The molecule has 78 valence electrons. The molecule has 0 amide bonds. The Bertz CT molecular complexity index is 236. The molecule has 0 aliphatic carbocycles. The Labute approximate surface area is 98.7 Å². The second-order valence-electron chi connectivity index (χ2n) is 2.95. The molecule has 1 rings (SSSR count). The van der Waals surface area contributed by atoms with E-state index in [0.717, 1.165) is 0 Å². The first-order valence-electron chi connectivity index (χ1n) is 4.66. The Kier molecular flexibility index (Phi) is 6.14. The molecule has 1 unspecified atom stereocenters. The minimum absolute atomic E-state index is 0.257. The Morgan fingerprint density at radius 3 is 2.57 bits per heavy atom. The Hall–Kier alpha value is -0.130. The molecule has 0 radical (unpaired) electrons. The van der Waals surface area contributed by atoms with E-state index in [2.05, 4.69) is 34.7 Å². The van der Waals surface area contributed by atoms with E-state index >= 15 is 0 Å². The van der Waals surface area contributed by atoms with Crippen molar-refractivity contribution in [2.24, 2.45) is 0 Å². The van der Waals surface area contributed by atoms with Crippen LogP contribution in [0.25, 0.3) is 0 Å². The number of hydrogen-bond acceptors (Lipinski definition) is 2. The van der Waals surface area contributed by atoms with Gasteiger partial charge in [0, 0.05) is 0 Å². The zero-order valence-electron chi connectivity index (χ0n) is 8.28. The van der Waals surface area contributed by atoms with Gasteiger partial charge in [0.2, 0.25) is 0 Å². The van der Waals surface area contributed by atoms with Crippen molar-refractivity contribution in [2.45, 2.75) is 17.6 Å². The van der Waals surface area contributed by atoms with E-state index in [1.807, 2.05) is 25.1 Å². The van der Waals surface area contributed by atoms with Crippen molar-refractivity contribution in [1.29, 1.82) is 0 Å². The average molecular weight is 306 g/mol. The molecule has 0 bridgehead atoms. The molecule has 0 aliphatic rings. The largest absolute Gasteiger partial charge is 0.374 e. The summed E-state index contributed by atoms with van der Waals surface area (Å²) >= 11 is 2.23. The first kappa shape index (κ1) is 11.9. The molecule has 0 aliphatic heterocycles. The molecule has 0 saturated heterocycles. The van der Waals surface area contributed by atoms with E-state index in [1.165, 1.54) is 5.56 Å². The predicted molar refractivity (Wildman–Crippen MR) is 65.5 cm³/mol. The highest BCUT2D eigenvalue weighted by Crippen LogP contribution is 2.02. The fourth-order valence-corrected chi connectivity index (χ4v) is 1.29. The zero-order valence-corrected chi connectivity index (χ0v) is 10.4. The minimum atomic E-state index is 0.257. The number of alkyl halides is 1. The number of halogens is 1. The van der Waals surface area contributed by atoms with Crippen LogP contribution in [-0.2, 0) is 16.1 Å². The molecular formula is C11H15IO2. The van der Waals surface area contributed by atoms with Gasteiger partial charge in [0.05, 0.1) is 19.8 Å². The van der Waals surface area contributed by atoms with Crippen LogP contribution in [0.3, 0.4) is 0 Å². The highest BCUT2D eigenvalue weighted by molar-refractivity contribution is 14.1. The quantitative estimate of drug-likeness (QED) is 0.457. The van der Waals surface area contributed by atoms with Crippen molar-refractivity contribution < 1.29 is 9.47 Å². The van der Waals surface area contributed by atoms with Gasteiger partial charge in [-0.15, -0.1) is 0 Å². The Balaban J connectivity index is 2.05. The average Bonchev–Trinajstić information content (AvgIpc) is 2.18. The van der Waals surface area contributed by atoms with Gasteiger partial charge in [-0.05, 0) is 12.5 Å². The summed E-state index contributed by atoms with van der Waals surface area (Å²) in [4.78, 5) is 0. The maximum Gasteiger partial charge on any atom is 0.106 e. The maximum absolute atomic E-state index is 5.44. The van der Waals surface area contributed by atoms with Crippen LogP contribution in [-0.4, -0.2) is 17.3 Å². The normalized spacial score (nSPS) is 12.7. The fraction of sp³-hybridized carbons (Fsp3) is 0.455. The van der Waals surface area contributed by atoms with Crippen LogP contribution in [0.5, 0.6) is 0 Å². The van der Waals surface area contributed by atoms with Crippen molar-refractivity contribution >= 4 is 22.6 Å². The topological polar surface area (TPSA) is 18.5 Å². The van der Waals surface area contributed by atoms with Crippen LogP contribution < -0.4 is 0 Å². The lowest BCUT2D eigenvalue weighted by molar-refractivity contribution is 0.0400. The van der Waals surface area contributed by atoms with Crippen molar-refractivity contribution in [3.05, 3.63) is 35.9 Å². The van der Waals surface area contributed by atoms with Gasteiger partial charge in [0.1, 0.15) is 4.11 Å². The fourth-order valence-electron chi connectivity index (χ4n) is 1.03. The summed E-state index contributed by atoms with van der Waals surface area (Å²) in [5.74, 6) is 0. The van der Waals surface area contributed by atoms with Gasteiger partial charge >= 0.3 is 0 Å². The molecule has 14 heavy (non-hydrogen) atoms. The lowest BCUT2D eigenvalue weighted by atomic mass is 10.2. The van der Waals surface area contributed by atoms with Gasteiger partial charge in [-0.3, -0.25) is 0 Å². The van der Waals surface area contributed by atoms with Gasteiger partial charge < -0.3 is 9.47 Å². The van der Waals surface area contributed by atoms with E-state index in [-0.39, 0.29) is 4.11 Å². The van der Waals surface area contributed by atoms with Crippen LogP contribution >= 0.6 is 22.6 Å². The summed E-state index contributed by atoms with van der Waals surface area (Å²) in [6.07, 6.45) is 0. The second-order valence-corrected chi connectivity index (χ2v) is 4.71. The van der Waals surface area contributed by atoms with E-state index < -0.39 is 0 Å². The number of rotatable bonds is 6. The monoisotopic (exact) mass is 306 g/mol. The third-order valence-corrected chi connectivity index (χ3v) is 2.05. The van der Waals surface area contributed by atoms with E-state index in [9.17, 15) is 0 Å². The van der Waals surface area contributed by atoms with E-state index in [4.69, 9.17) is 9.47 Å². The van der Waals surface area contributed by atoms with E-state index in [0.29, 0.717) is 19.8 Å². The Morgan fingerprint density at radius 1 is 1.21 bits per heavy atom. The molecule has 0 heterocycles. The zero-order chi connectivity index (χ0) is 10.2. The molecular weight excluding hydrogens is 291 g/mol. The molecule has 3 heteroatoms. The molecule has 0 aromatic heterocycles. The third-order valence-electron chi connectivity index (χ3n) is 1.69. The SMILES string of the molecule is CC(I)OCCOCc1ccccc1. The molecule has 1 aromatic rings. The van der Waals surface area contributed by atoms with Gasteiger partial charge in [-0.2, -0.15) is 0 Å². The molecule has 0 N–H and O–H groups in total. The van der Waals surface area contributed by atoms with Gasteiger partial charge in [0.15, 0.2) is 0 Å². The summed E-state index contributed by atoms with van der Waals surface area (Å²) in [6, 6.07) is 10.2. The van der Waals surface area contributed by atoms with Crippen molar-refractivity contribution in [3.63, 3.8) is 0 Å². The molecule has 0 fully saturated rings. The predicted octanol–water partition coefficient (Wildman–Crippen LogP) is 3.00. The van der Waals surface area contributed by atoms with Crippen LogP contribution in [0, 0.1) is 0 Å². The van der Waals surface area contributed by atoms with Crippen LogP contribution in [0.2, 0.25) is 0 Å². The summed E-state index contributed by atoms with van der Waals surface area (Å²) in [7, 11) is 0. The van der Waals surface area contributed by atoms with E-state index in [1.54, 1.807) is 0 Å². The lowest BCUT2D eigenvalue weighted by Crippen LogP contribution is -2.07. The van der Waals surface area contributed by atoms with Gasteiger partial charge in [-0.1, -0.05) is 52.9 Å². The van der Waals surface area contributed by atoms with Gasteiger partial charge in [0.25, 0.3) is 0 Å². The van der Waals surface area contributed by atoms with Gasteiger partial charge in [-0.25, -0.2) is 0 Å². The molecule has 1 aromatic carbocycles. The maximum atomic E-state index is 5.44. The standard InChI is InChI=1S/C11H15IO2/c1-10(12)14-8-7-13-9-11-5-3-2-4-6-11/h2-6,10H,7-9H2,1H3. The summed E-state index contributed by atoms with van der Waals surface area (Å²) in [5, 5.41) is 0. The third kappa shape index (κ3) is 5.57. The molecule has 0 spiro atoms. The van der Waals surface area contributed by atoms with Crippen molar-refractivity contribution in [3.8, 4) is 0 Å². The summed E-state index contributed by atoms with van der Waals surface area (Å²) in [6.45, 7) is 4.00. The lowest BCUT2D eigenvalue weighted by Gasteiger charge is -2.06. The highest BCUT2D eigenvalue weighted by atomic mass is 127. The first-order chi connectivity index (χ1) is 6.79. The summed E-state index contributed by atoms with van der Waals surface area (Å²) < 4.78 is 11.0. The smallest absolute Gasteiger partial charge is 0.106 e. The van der Waals surface area contributed by atoms with Crippen LogP contribution in [0.15, 0.2) is 30.3 Å². The van der Waals surface area contributed by atoms with Crippen molar-refractivity contribution in [1.82, 2.24) is 0 Å². The molecule has 2 nitrogen and oxygen atoms in total. The number of hydrogen-bond donors (Lipinski definition) is 0. The minimum Gasteiger partial charge on any atom is -0.374 e. The van der Waals surface area contributed by atoms with Crippen LogP contribution in [0.4, 0.5) is 0 Å². The molecule has 0 saturated carbocycles. The number of ether oxygens (including phenoxy) is 2. The first-order valence-corrected chi connectivity index (χ1v) is 5.91. The highest BCUT2D eigenvalue weighted by Gasteiger charge is 1.95. The number of benzene rings is 1. The second kappa shape index (κ2) is 7.20. The Morgan fingerprint density at radius 2 is 1.93 bits per heavy atom. The van der Waals surface area contributed by atoms with Crippen LogP contribution in [0.1, 0.15) is 12.5 Å².